The number of sulfonamides is 1. The summed E-state index contributed by atoms with van der Waals surface area (Å²) in [4.78, 5) is 10.2. The lowest BCUT2D eigenvalue weighted by Crippen LogP contribution is -2.48. The molecule has 0 N–H and O–H groups in total. The topological polar surface area (TPSA) is 83.7 Å². The number of fused-ring (bicyclic) bond motifs is 1. The Labute approximate surface area is 156 Å². The number of halogens is 1. The van der Waals surface area contributed by atoms with Crippen molar-refractivity contribution in [1.29, 1.82) is 0 Å². The van der Waals surface area contributed by atoms with Crippen LogP contribution >= 0.6 is 0 Å². The molecule has 1 aliphatic rings. The fourth-order valence-electron chi connectivity index (χ4n) is 3.15. The number of imidazole rings is 1. The quantitative estimate of drug-likeness (QED) is 0.667. The number of likely N-dealkylation sites (N-methyl/N-ethyl adjacent to an activating group) is 1. The zero-order chi connectivity index (χ0) is 19.0. The molecule has 8 nitrogen and oxygen atoms in total. The Morgan fingerprint density at radius 3 is 2.59 bits per heavy atom. The number of hydrogen-bond donors (Lipinski definition) is 0. The van der Waals surface area contributed by atoms with Crippen molar-refractivity contribution in [3.05, 3.63) is 42.6 Å². The highest BCUT2D eigenvalue weighted by Gasteiger charge is 2.31. The van der Waals surface area contributed by atoms with E-state index in [4.69, 9.17) is 0 Å². The fraction of sp³-hybridized carbons (Fsp3) is 0.353. The van der Waals surface area contributed by atoms with E-state index in [2.05, 4.69) is 26.9 Å². The van der Waals surface area contributed by atoms with E-state index in [0.29, 0.717) is 43.1 Å². The van der Waals surface area contributed by atoms with Crippen molar-refractivity contribution in [3.63, 3.8) is 0 Å². The molecule has 4 heterocycles. The Morgan fingerprint density at radius 2 is 1.89 bits per heavy atom. The molecule has 0 radical (unpaired) electrons. The van der Waals surface area contributed by atoms with Crippen LogP contribution in [0.25, 0.3) is 16.9 Å². The van der Waals surface area contributed by atoms with Crippen LogP contribution in [0.15, 0.2) is 41.8 Å². The number of nitrogens with zero attached hydrogens (tertiary/aromatic N) is 6. The normalized spacial score (nSPS) is 16.8. The van der Waals surface area contributed by atoms with Gasteiger partial charge >= 0.3 is 0 Å². The summed E-state index contributed by atoms with van der Waals surface area (Å²) in [6.07, 6.45) is 3.90. The summed E-state index contributed by atoms with van der Waals surface area (Å²) in [5.74, 6) is -0.485. The van der Waals surface area contributed by atoms with Crippen molar-refractivity contribution in [2.24, 2.45) is 0 Å². The average molecular weight is 390 g/mol. The Kier molecular flexibility index (Phi) is 4.62. The molecule has 0 aliphatic carbocycles. The first-order valence-corrected chi connectivity index (χ1v) is 10.1. The molecule has 1 fully saturated rings. The van der Waals surface area contributed by atoms with Crippen LogP contribution in [0.5, 0.6) is 0 Å². The molecule has 3 aromatic rings. The molecule has 1 aliphatic heterocycles. The predicted octanol–water partition coefficient (Wildman–Crippen LogP) is 1.26. The minimum Gasteiger partial charge on any atom is -0.301 e. The molecule has 0 unspecified atom stereocenters. The molecule has 0 atom stereocenters. The van der Waals surface area contributed by atoms with Gasteiger partial charge in [0.05, 0.1) is 18.1 Å². The summed E-state index contributed by atoms with van der Waals surface area (Å²) in [5, 5.41) is 4.38. The lowest BCUT2D eigenvalue weighted by atomic mass is 10.2. The molecule has 1 saturated heterocycles. The maximum Gasteiger partial charge on any atom is 0.262 e. The lowest BCUT2D eigenvalue weighted by molar-refractivity contribution is 0.196. The summed E-state index contributed by atoms with van der Waals surface area (Å²) in [5.41, 5.74) is 1.29. The SMILES string of the molecule is CCN1CCN(S(=O)(=O)c2cnc3ccc(-c4cncc(F)c4)nn23)CC1. The molecule has 0 amide bonds. The minimum atomic E-state index is -3.73. The van der Waals surface area contributed by atoms with Crippen LogP contribution in [0, 0.1) is 5.82 Å². The molecule has 0 bridgehead atoms. The van der Waals surface area contributed by atoms with Crippen molar-refractivity contribution in [3.8, 4) is 11.3 Å². The van der Waals surface area contributed by atoms with Crippen LogP contribution in [0.2, 0.25) is 0 Å². The van der Waals surface area contributed by atoms with Gasteiger partial charge in [0.25, 0.3) is 10.0 Å². The molecule has 0 saturated carbocycles. The zero-order valence-corrected chi connectivity index (χ0v) is 15.6. The first kappa shape index (κ1) is 18.0. The Bertz CT molecular complexity index is 1080. The molecule has 27 heavy (non-hydrogen) atoms. The van der Waals surface area contributed by atoms with Gasteiger partial charge in [0.15, 0.2) is 10.7 Å². The van der Waals surface area contributed by atoms with Crippen LogP contribution < -0.4 is 0 Å². The minimum absolute atomic E-state index is 0.00802. The molecule has 3 aromatic heterocycles. The number of pyridine rings is 1. The highest BCUT2D eigenvalue weighted by atomic mass is 32.2. The fourth-order valence-corrected chi connectivity index (χ4v) is 4.60. The van der Waals surface area contributed by atoms with Crippen LogP contribution in [0.1, 0.15) is 6.92 Å². The van der Waals surface area contributed by atoms with Crippen molar-refractivity contribution in [1.82, 2.24) is 28.8 Å². The van der Waals surface area contributed by atoms with Gasteiger partial charge in [-0.1, -0.05) is 6.92 Å². The maximum atomic E-state index is 13.5. The van der Waals surface area contributed by atoms with Crippen LogP contribution in [-0.2, 0) is 10.0 Å². The van der Waals surface area contributed by atoms with Crippen LogP contribution in [-0.4, -0.2) is 69.9 Å². The Balaban J connectivity index is 1.73. The van der Waals surface area contributed by atoms with Crippen LogP contribution in [0.3, 0.4) is 0 Å². The first-order chi connectivity index (χ1) is 13.0. The third-order valence-electron chi connectivity index (χ3n) is 4.71. The average Bonchev–Trinajstić information content (AvgIpc) is 3.12. The third kappa shape index (κ3) is 3.31. The van der Waals surface area contributed by atoms with Gasteiger partial charge in [-0.05, 0) is 24.7 Å². The van der Waals surface area contributed by atoms with E-state index in [0.717, 1.165) is 12.7 Å². The maximum absolute atomic E-state index is 13.5. The Hall–Kier alpha value is -2.43. The van der Waals surface area contributed by atoms with E-state index in [1.165, 1.54) is 27.3 Å². The highest BCUT2D eigenvalue weighted by molar-refractivity contribution is 7.89. The summed E-state index contributed by atoms with van der Waals surface area (Å²) >= 11 is 0. The monoisotopic (exact) mass is 390 g/mol. The lowest BCUT2D eigenvalue weighted by Gasteiger charge is -2.32. The number of piperazine rings is 1. The second-order valence-electron chi connectivity index (χ2n) is 6.32. The second-order valence-corrected chi connectivity index (χ2v) is 8.20. The van der Waals surface area contributed by atoms with Crippen LogP contribution in [0.4, 0.5) is 4.39 Å². The standard InChI is InChI=1S/C17H19FN6O2S/c1-2-22-5-7-23(8-6-22)27(25,26)17-12-20-16-4-3-15(21-24(16)17)13-9-14(18)11-19-10-13/h3-4,9-12H,2,5-8H2,1H3. The van der Waals surface area contributed by atoms with Crippen molar-refractivity contribution in [2.45, 2.75) is 11.9 Å². The van der Waals surface area contributed by atoms with Crippen molar-refractivity contribution in [2.75, 3.05) is 32.7 Å². The van der Waals surface area contributed by atoms with Gasteiger partial charge < -0.3 is 4.90 Å². The summed E-state index contributed by atoms with van der Waals surface area (Å²) in [7, 11) is -3.73. The van der Waals surface area contributed by atoms with Gasteiger partial charge in [0.2, 0.25) is 0 Å². The van der Waals surface area contributed by atoms with Crippen molar-refractivity contribution >= 4 is 15.7 Å². The van der Waals surface area contributed by atoms with Gasteiger partial charge in [-0.2, -0.15) is 9.40 Å². The number of aromatic nitrogens is 4. The molecule has 4 rings (SSSR count). The summed E-state index contributed by atoms with van der Waals surface area (Å²) in [6, 6.07) is 4.62. The van der Waals surface area contributed by atoms with Gasteiger partial charge in [0.1, 0.15) is 5.82 Å². The predicted molar refractivity (Wildman–Crippen MR) is 97.0 cm³/mol. The van der Waals surface area contributed by atoms with Crippen molar-refractivity contribution < 1.29 is 12.8 Å². The van der Waals surface area contributed by atoms with E-state index >= 15 is 0 Å². The molecule has 0 aromatic carbocycles. The summed E-state index contributed by atoms with van der Waals surface area (Å²) < 4.78 is 42.4. The van der Waals surface area contributed by atoms with E-state index in [1.54, 1.807) is 12.1 Å². The number of rotatable bonds is 4. The molecule has 10 heteroatoms. The van der Waals surface area contributed by atoms with E-state index in [1.807, 2.05) is 0 Å². The second kappa shape index (κ2) is 6.95. The molecule has 0 spiro atoms. The third-order valence-corrected chi connectivity index (χ3v) is 6.57. The van der Waals surface area contributed by atoms with Gasteiger partial charge in [0, 0.05) is 37.9 Å². The van der Waals surface area contributed by atoms with E-state index < -0.39 is 15.8 Å². The van der Waals surface area contributed by atoms with Gasteiger partial charge in [-0.15, -0.1) is 0 Å². The van der Waals surface area contributed by atoms with Gasteiger partial charge in [-0.25, -0.2) is 22.3 Å². The smallest absolute Gasteiger partial charge is 0.262 e. The zero-order valence-electron chi connectivity index (χ0n) is 14.8. The first-order valence-electron chi connectivity index (χ1n) is 8.67. The number of hydrogen-bond acceptors (Lipinski definition) is 6. The molecular weight excluding hydrogens is 371 g/mol. The highest BCUT2D eigenvalue weighted by Crippen LogP contribution is 2.22. The van der Waals surface area contributed by atoms with E-state index in [-0.39, 0.29) is 5.03 Å². The molecule has 142 valence electrons. The largest absolute Gasteiger partial charge is 0.301 e. The Morgan fingerprint density at radius 1 is 1.11 bits per heavy atom. The molecular formula is C17H19FN6O2S. The van der Waals surface area contributed by atoms with E-state index in [9.17, 15) is 12.8 Å². The van der Waals surface area contributed by atoms with Gasteiger partial charge in [-0.3, -0.25) is 4.98 Å². The summed E-state index contributed by atoms with van der Waals surface area (Å²) in [6.45, 7) is 5.20.